The first-order valence-corrected chi connectivity index (χ1v) is 13.7. The SMILES string of the molecule is CCc1cc(F)ccc1C1C=NC=C([C@@H]2CCCN2C(=O)[C@@H](NC(=O)[C@H](C)NC)C2CCCCC2)C1. The Labute approximate surface area is 214 Å². The Morgan fingerprint density at radius 2 is 1.94 bits per heavy atom. The van der Waals surface area contributed by atoms with E-state index >= 15 is 0 Å². The van der Waals surface area contributed by atoms with Crippen molar-refractivity contribution >= 4 is 18.0 Å². The molecule has 2 aliphatic heterocycles. The standard InChI is InChI=1S/C29H41FN4O2/c1-4-20-16-24(30)12-13-25(20)22-15-23(18-32-17-22)26-11-8-14-34(26)29(36)27(21-9-6-5-7-10-21)33-28(35)19(2)31-3/h12-13,16-19,21-22,26-27,31H,4-11,14-15H2,1-3H3,(H,33,35)/t19-,22?,26-,27-/m0/s1. The number of nitrogens with zero attached hydrogens (tertiary/aromatic N) is 2. The number of likely N-dealkylation sites (N-methyl/N-ethyl adjacent to an activating group) is 1. The molecule has 4 rings (SSSR count). The van der Waals surface area contributed by atoms with Gasteiger partial charge < -0.3 is 15.5 Å². The Balaban J connectivity index is 1.53. The molecule has 36 heavy (non-hydrogen) atoms. The summed E-state index contributed by atoms with van der Waals surface area (Å²) < 4.78 is 13.8. The highest BCUT2D eigenvalue weighted by Gasteiger charge is 2.40. The van der Waals surface area contributed by atoms with Crippen molar-refractivity contribution in [1.82, 2.24) is 15.5 Å². The van der Waals surface area contributed by atoms with Crippen molar-refractivity contribution < 1.29 is 14.0 Å². The molecule has 0 radical (unpaired) electrons. The van der Waals surface area contributed by atoms with Crippen LogP contribution in [0.5, 0.6) is 0 Å². The summed E-state index contributed by atoms with van der Waals surface area (Å²) in [5.41, 5.74) is 3.26. The van der Waals surface area contributed by atoms with E-state index in [2.05, 4.69) is 15.6 Å². The summed E-state index contributed by atoms with van der Waals surface area (Å²) in [6.45, 7) is 4.56. The lowest BCUT2D eigenvalue weighted by Crippen LogP contribution is -2.56. The average molecular weight is 497 g/mol. The minimum absolute atomic E-state index is 0.00677. The van der Waals surface area contributed by atoms with Gasteiger partial charge in [0, 0.05) is 24.9 Å². The first kappa shape index (κ1) is 26.5. The van der Waals surface area contributed by atoms with Gasteiger partial charge in [-0.3, -0.25) is 14.6 Å². The number of aliphatic imine (C=N–C) groups is 1. The van der Waals surface area contributed by atoms with E-state index in [-0.39, 0.29) is 41.6 Å². The summed E-state index contributed by atoms with van der Waals surface area (Å²) in [4.78, 5) is 33.4. The first-order valence-electron chi connectivity index (χ1n) is 13.7. The summed E-state index contributed by atoms with van der Waals surface area (Å²) in [5.74, 6) is -0.0392. The van der Waals surface area contributed by atoms with E-state index in [1.54, 1.807) is 13.1 Å². The Bertz CT molecular complexity index is 1000. The third kappa shape index (κ3) is 5.88. The smallest absolute Gasteiger partial charge is 0.245 e. The van der Waals surface area contributed by atoms with Crippen LogP contribution in [0.3, 0.4) is 0 Å². The molecule has 2 heterocycles. The third-order valence-corrected chi connectivity index (χ3v) is 8.32. The van der Waals surface area contributed by atoms with Gasteiger partial charge in [0.1, 0.15) is 11.9 Å². The van der Waals surface area contributed by atoms with Gasteiger partial charge in [-0.1, -0.05) is 32.3 Å². The summed E-state index contributed by atoms with van der Waals surface area (Å²) in [7, 11) is 1.76. The molecule has 1 saturated carbocycles. The fraction of sp³-hybridized carbons (Fsp3) is 0.621. The van der Waals surface area contributed by atoms with Gasteiger partial charge in [0.2, 0.25) is 11.8 Å². The highest BCUT2D eigenvalue weighted by atomic mass is 19.1. The van der Waals surface area contributed by atoms with Crippen LogP contribution in [-0.4, -0.2) is 54.6 Å². The van der Waals surface area contributed by atoms with E-state index in [0.29, 0.717) is 6.54 Å². The van der Waals surface area contributed by atoms with Gasteiger partial charge >= 0.3 is 0 Å². The van der Waals surface area contributed by atoms with Crippen molar-refractivity contribution in [3.05, 3.63) is 46.9 Å². The van der Waals surface area contributed by atoms with E-state index in [1.165, 1.54) is 12.5 Å². The number of carbonyl (C=O) groups is 2. The molecule has 7 heteroatoms. The zero-order valence-corrected chi connectivity index (χ0v) is 21.9. The van der Waals surface area contributed by atoms with Crippen molar-refractivity contribution in [2.45, 2.75) is 95.7 Å². The summed E-state index contributed by atoms with van der Waals surface area (Å²) >= 11 is 0. The molecule has 3 aliphatic rings. The second-order valence-corrected chi connectivity index (χ2v) is 10.6. The fourth-order valence-electron chi connectivity index (χ4n) is 6.11. The van der Waals surface area contributed by atoms with Crippen LogP contribution < -0.4 is 10.6 Å². The van der Waals surface area contributed by atoms with Gasteiger partial charge in [-0.25, -0.2) is 4.39 Å². The van der Waals surface area contributed by atoms with Crippen LogP contribution in [0.1, 0.15) is 82.3 Å². The molecule has 1 aliphatic carbocycles. The van der Waals surface area contributed by atoms with Crippen LogP contribution in [-0.2, 0) is 16.0 Å². The lowest BCUT2D eigenvalue weighted by molar-refractivity contribution is -0.139. The van der Waals surface area contributed by atoms with Crippen LogP contribution in [0.4, 0.5) is 4.39 Å². The molecule has 2 N–H and O–H groups in total. The number of hydrogen-bond donors (Lipinski definition) is 2. The normalized spacial score (nSPS) is 24.3. The molecule has 196 valence electrons. The van der Waals surface area contributed by atoms with Gasteiger partial charge in [0.05, 0.1) is 12.1 Å². The first-order chi connectivity index (χ1) is 17.4. The highest BCUT2D eigenvalue weighted by Crippen LogP contribution is 2.36. The number of nitrogens with one attached hydrogen (secondary N) is 2. The van der Waals surface area contributed by atoms with Crippen LogP contribution in [0, 0.1) is 11.7 Å². The van der Waals surface area contributed by atoms with Crippen molar-refractivity contribution in [2.24, 2.45) is 10.9 Å². The minimum Gasteiger partial charge on any atom is -0.343 e. The maximum absolute atomic E-state index is 14.0. The predicted molar refractivity (Wildman–Crippen MR) is 141 cm³/mol. The van der Waals surface area contributed by atoms with E-state index in [0.717, 1.165) is 68.1 Å². The zero-order valence-electron chi connectivity index (χ0n) is 21.9. The highest BCUT2D eigenvalue weighted by molar-refractivity contribution is 5.90. The van der Waals surface area contributed by atoms with Crippen LogP contribution in [0.25, 0.3) is 0 Å². The Hall–Kier alpha value is -2.54. The molecule has 1 aromatic rings. The number of halogens is 1. The third-order valence-electron chi connectivity index (χ3n) is 8.32. The Kier molecular flexibility index (Phi) is 8.94. The molecule has 0 spiro atoms. The van der Waals surface area contributed by atoms with Crippen LogP contribution in [0.2, 0.25) is 0 Å². The number of likely N-dealkylation sites (tertiary alicyclic amines) is 1. The molecule has 2 fully saturated rings. The van der Waals surface area contributed by atoms with Gasteiger partial charge in [-0.05, 0) is 87.2 Å². The molecule has 1 saturated heterocycles. The fourth-order valence-corrected chi connectivity index (χ4v) is 6.11. The lowest BCUT2D eigenvalue weighted by Gasteiger charge is -2.36. The second kappa shape index (κ2) is 12.1. The quantitative estimate of drug-likeness (QED) is 0.557. The van der Waals surface area contributed by atoms with Crippen molar-refractivity contribution in [3.63, 3.8) is 0 Å². The van der Waals surface area contributed by atoms with E-state index in [1.807, 2.05) is 37.2 Å². The van der Waals surface area contributed by atoms with Crippen LogP contribution >= 0.6 is 0 Å². The molecule has 1 aromatic carbocycles. The Morgan fingerprint density at radius 3 is 2.67 bits per heavy atom. The van der Waals surface area contributed by atoms with Gasteiger partial charge in [-0.2, -0.15) is 0 Å². The molecule has 6 nitrogen and oxygen atoms in total. The van der Waals surface area contributed by atoms with E-state index in [4.69, 9.17) is 0 Å². The Morgan fingerprint density at radius 1 is 1.17 bits per heavy atom. The van der Waals surface area contributed by atoms with Crippen LogP contribution in [0.15, 0.2) is 35.0 Å². The zero-order chi connectivity index (χ0) is 25.7. The second-order valence-electron chi connectivity index (χ2n) is 10.6. The maximum Gasteiger partial charge on any atom is 0.245 e. The molecular formula is C29H41FN4O2. The molecular weight excluding hydrogens is 455 g/mol. The predicted octanol–water partition coefficient (Wildman–Crippen LogP) is 4.49. The maximum atomic E-state index is 14.0. The number of carbonyl (C=O) groups excluding carboxylic acids is 2. The summed E-state index contributed by atoms with van der Waals surface area (Å²) in [6, 6.07) is 4.18. The number of hydrogen-bond acceptors (Lipinski definition) is 4. The minimum atomic E-state index is -0.485. The largest absolute Gasteiger partial charge is 0.343 e. The summed E-state index contributed by atoms with van der Waals surface area (Å²) in [5, 5.41) is 6.11. The van der Waals surface area contributed by atoms with E-state index < -0.39 is 6.04 Å². The molecule has 2 amide bonds. The van der Waals surface area contributed by atoms with Crippen molar-refractivity contribution in [1.29, 1.82) is 0 Å². The lowest BCUT2D eigenvalue weighted by atomic mass is 9.82. The van der Waals surface area contributed by atoms with Crippen molar-refractivity contribution in [3.8, 4) is 0 Å². The topological polar surface area (TPSA) is 73.8 Å². The summed E-state index contributed by atoms with van der Waals surface area (Å²) in [6.07, 6.45) is 12.6. The number of amides is 2. The van der Waals surface area contributed by atoms with Crippen molar-refractivity contribution in [2.75, 3.05) is 13.6 Å². The number of aryl methyl sites for hydroxylation is 1. The number of benzene rings is 1. The monoisotopic (exact) mass is 496 g/mol. The average Bonchev–Trinajstić information content (AvgIpc) is 3.41. The molecule has 0 bridgehead atoms. The van der Waals surface area contributed by atoms with E-state index in [9.17, 15) is 14.0 Å². The molecule has 0 aromatic heterocycles. The number of rotatable bonds is 8. The molecule has 4 atom stereocenters. The van der Waals surface area contributed by atoms with Gasteiger partial charge in [-0.15, -0.1) is 0 Å². The van der Waals surface area contributed by atoms with Gasteiger partial charge in [0.25, 0.3) is 0 Å². The molecule has 1 unspecified atom stereocenters. The van der Waals surface area contributed by atoms with Gasteiger partial charge in [0.15, 0.2) is 0 Å².